The number of hydrogen-bond donors (Lipinski definition) is 1. The smallest absolute Gasteiger partial charge is 0.223 e. The number of hydrogen-bond acceptors (Lipinski definition) is 5. The lowest BCUT2D eigenvalue weighted by atomic mass is 10.0. The molecule has 3 heterocycles. The van der Waals surface area contributed by atoms with Crippen molar-refractivity contribution in [2.75, 3.05) is 17.2 Å². The molecule has 3 rings (SSSR count). The van der Waals surface area contributed by atoms with Gasteiger partial charge in [0.15, 0.2) is 0 Å². The molecule has 2 aromatic rings. The van der Waals surface area contributed by atoms with E-state index in [2.05, 4.69) is 42.6 Å². The van der Waals surface area contributed by atoms with Gasteiger partial charge in [0.1, 0.15) is 11.0 Å². The first-order valence-electron chi connectivity index (χ1n) is 8.50. The van der Waals surface area contributed by atoms with E-state index in [0.29, 0.717) is 11.1 Å². The van der Waals surface area contributed by atoms with Crippen molar-refractivity contribution in [2.24, 2.45) is 7.05 Å². The number of aryl methyl sites for hydroxylation is 1. The number of nitrogens with zero attached hydrogens (tertiary/aromatic N) is 5. The van der Waals surface area contributed by atoms with Gasteiger partial charge in [0.05, 0.1) is 11.7 Å². The topological polar surface area (TPSA) is 72.9 Å². The van der Waals surface area contributed by atoms with E-state index in [1.807, 2.05) is 11.7 Å². The van der Waals surface area contributed by atoms with Crippen LogP contribution in [0.3, 0.4) is 0 Å². The Labute approximate surface area is 148 Å². The van der Waals surface area contributed by atoms with Gasteiger partial charge in [0.2, 0.25) is 5.95 Å². The van der Waals surface area contributed by atoms with Gasteiger partial charge in [-0.2, -0.15) is 10.1 Å². The van der Waals surface area contributed by atoms with Gasteiger partial charge in [0.25, 0.3) is 0 Å². The third-order valence-electron chi connectivity index (χ3n) is 5.15. The quantitative estimate of drug-likeness (QED) is 0.857. The maximum Gasteiger partial charge on any atom is 0.223 e. The SMILES string of the molecule is CCc1c(C)c(C(C)N2CC(CC)c3c(Cl)nc(N)nc32)nn1C. The van der Waals surface area contributed by atoms with Crippen LogP contribution < -0.4 is 10.6 Å². The molecule has 0 fully saturated rings. The van der Waals surface area contributed by atoms with E-state index < -0.39 is 0 Å². The fourth-order valence-electron chi connectivity index (χ4n) is 3.83. The molecule has 0 spiro atoms. The number of rotatable bonds is 4. The molecule has 6 nitrogen and oxygen atoms in total. The predicted octanol–water partition coefficient (Wildman–Crippen LogP) is 3.39. The van der Waals surface area contributed by atoms with Crippen molar-refractivity contribution in [1.82, 2.24) is 19.7 Å². The van der Waals surface area contributed by atoms with Crippen molar-refractivity contribution in [2.45, 2.75) is 52.5 Å². The Hall–Kier alpha value is -1.82. The summed E-state index contributed by atoms with van der Waals surface area (Å²) < 4.78 is 1.98. The zero-order chi connectivity index (χ0) is 17.6. The molecule has 2 aromatic heterocycles. The monoisotopic (exact) mass is 348 g/mol. The van der Waals surface area contributed by atoms with Crippen molar-refractivity contribution in [3.8, 4) is 0 Å². The van der Waals surface area contributed by atoms with Crippen LogP contribution in [0, 0.1) is 6.92 Å². The van der Waals surface area contributed by atoms with Gasteiger partial charge in [-0.15, -0.1) is 0 Å². The van der Waals surface area contributed by atoms with Gasteiger partial charge >= 0.3 is 0 Å². The lowest BCUT2D eigenvalue weighted by molar-refractivity contribution is 0.597. The first-order valence-corrected chi connectivity index (χ1v) is 8.88. The molecule has 0 radical (unpaired) electrons. The Morgan fingerprint density at radius 3 is 2.62 bits per heavy atom. The highest BCUT2D eigenvalue weighted by Crippen LogP contribution is 2.44. The lowest BCUT2D eigenvalue weighted by Crippen LogP contribution is -2.27. The number of nitrogens with two attached hydrogens (primary N) is 1. The van der Waals surface area contributed by atoms with E-state index >= 15 is 0 Å². The van der Waals surface area contributed by atoms with Crippen molar-refractivity contribution in [1.29, 1.82) is 0 Å². The molecule has 0 aliphatic carbocycles. The molecule has 1 aliphatic heterocycles. The molecule has 7 heteroatoms. The number of aromatic nitrogens is 4. The van der Waals surface area contributed by atoms with Crippen LogP contribution in [0.25, 0.3) is 0 Å². The third-order valence-corrected chi connectivity index (χ3v) is 5.44. The molecule has 0 bridgehead atoms. The average molecular weight is 349 g/mol. The molecule has 2 N–H and O–H groups in total. The number of anilines is 2. The van der Waals surface area contributed by atoms with Gasteiger partial charge in [-0.25, -0.2) is 4.98 Å². The summed E-state index contributed by atoms with van der Waals surface area (Å²) in [6.45, 7) is 9.50. The summed E-state index contributed by atoms with van der Waals surface area (Å²) in [7, 11) is 2.01. The van der Waals surface area contributed by atoms with Gasteiger partial charge in [0, 0.05) is 30.8 Å². The Morgan fingerprint density at radius 1 is 1.33 bits per heavy atom. The van der Waals surface area contributed by atoms with Crippen LogP contribution in [0.4, 0.5) is 11.8 Å². The number of nitrogen functional groups attached to an aromatic ring is 1. The normalized spacial score (nSPS) is 18.1. The Morgan fingerprint density at radius 2 is 2.04 bits per heavy atom. The fraction of sp³-hybridized carbons (Fsp3) is 0.588. The van der Waals surface area contributed by atoms with Crippen LogP contribution in [0.15, 0.2) is 0 Å². The predicted molar refractivity (Wildman–Crippen MR) is 97.6 cm³/mol. The number of fused-ring (bicyclic) bond motifs is 1. The molecule has 0 amide bonds. The maximum atomic E-state index is 6.37. The second-order valence-electron chi connectivity index (χ2n) is 6.48. The molecular formula is C17H25ClN6. The maximum absolute atomic E-state index is 6.37. The summed E-state index contributed by atoms with van der Waals surface area (Å²) in [6, 6.07) is 0.108. The molecule has 2 unspecified atom stereocenters. The lowest BCUT2D eigenvalue weighted by Gasteiger charge is -2.26. The average Bonchev–Trinajstić information content (AvgIpc) is 3.04. The van der Waals surface area contributed by atoms with E-state index in [-0.39, 0.29) is 12.0 Å². The van der Waals surface area contributed by atoms with Crippen molar-refractivity contribution >= 4 is 23.4 Å². The van der Waals surface area contributed by atoms with Crippen LogP contribution in [-0.4, -0.2) is 26.3 Å². The minimum absolute atomic E-state index is 0.108. The van der Waals surface area contributed by atoms with E-state index in [1.54, 1.807) is 0 Å². The van der Waals surface area contributed by atoms with Crippen molar-refractivity contribution in [3.63, 3.8) is 0 Å². The van der Waals surface area contributed by atoms with Crippen LogP contribution >= 0.6 is 11.6 Å². The summed E-state index contributed by atoms with van der Waals surface area (Å²) in [5.41, 5.74) is 10.5. The fourth-order valence-corrected chi connectivity index (χ4v) is 4.16. The standard InChI is InChI=1S/C17H25ClN6/c1-6-11-8-24(16-13(11)15(18)20-17(19)21-16)10(4)14-9(3)12(7-2)23(5)22-14/h10-11H,6-8H2,1-5H3,(H2,19,20,21). The van der Waals surface area contributed by atoms with Gasteiger partial charge in [-0.3, -0.25) is 4.68 Å². The van der Waals surface area contributed by atoms with Crippen LogP contribution in [-0.2, 0) is 13.5 Å². The highest BCUT2D eigenvalue weighted by molar-refractivity contribution is 6.30. The number of halogens is 1. The summed E-state index contributed by atoms with van der Waals surface area (Å²) in [6.07, 6.45) is 1.96. The first kappa shape index (κ1) is 17.0. The van der Waals surface area contributed by atoms with Gasteiger partial charge in [-0.05, 0) is 32.3 Å². The minimum Gasteiger partial charge on any atom is -0.368 e. The van der Waals surface area contributed by atoms with Crippen LogP contribution in [0.2, 0.25) is 5.15 Å². The second-order valence-corrected chi connectivity index (χ2v) is 6.84. The zero-order valence-corrected chi connectivity index (χ0v) is 15.7. The Kier molecular flexibility index (Phi) is 4.42. The van der Waals surface area contributed by atoms with Crippen LogP contribution in [0.1, 0.15) is 61.7 Å². The summed E-state index contributed by atoms with van der Waals surface area (Å²) in [5.74, 6) is 1.40. The summed E-state index contributed by atoms with van der Waals surface area (Å²) in [4.78, 5) is 10.9. The second kappa shape index (κ2) is 6.24. The highest BCUT2D eigenvalue weighted by Gasteiger charge is 2.36. The Balaban J connectivity index is 2.06. The summed E-state index contributed by atoms with van der Waals surface area (Å²) in [5, 5.41) is 5.24. The summed E-state index contributed by atoms with van der Waals surface area (Å²) >= 11 is 6.37. The first-order chi connectivity index (χ1) is 11.4. The van der Waals surface area contributed by atoms with E-state index in [9.17, 15) is 0 Å². The van der Waals surface area contributed by atoms with Gasteiger partial charge in [-0.1, -0.05) is 25.4 Å². The third kappa shape index (κ3) is 2.53. The highest BCUT2D eigenvalue weighted by atomic mass is 35.5. The molecule has 24 heavy (non-hydrogen) atoms. The molecule has 2 atom stereocenters. The molecule has 0 aromatic carbocycles. The van der Waals surface area contributed by atoms with E-state index in [0.717, 1.165) is 36.5 Å². The minimum atomic E-state index is 0.108. The molecule has 130 valence electrons. The van der Waals surface area contributed by atoms with Crippen molar-refractivity contribution < 1.29 is 0 Å². The van der Waals surface area contributed by atoms with E-state index in [4.69, 9.17) is 22.4 Å². The van der Waals surface area contributed by atoms with Crippen LogP contribution in [0.5, 0.6) is 0 Å². The van der Waals surface area contributed by atoms with E-state index in [1.165, 1.54) is 11.3 Å². The zero-order valence-electron chi connectivity index (χ0n) is 15.0. The largest absolute Gasteiger partial charge is 0.368 e. The Bertz CT molecular complexity index is 769. The molecule has 1 aliphatic rings. The molecule has 0 saturated heterocycles. The van der Waals surface area contributed by atoms with Crippen molar-refractivity contribution in [3.05, 3.63) is 27.7 Å². The molecular weight excluding hydrogens is 324 g/mol. The van der Waals surface area contributed by atoms with Gasteiger partial charge < -0.3 is 10.6 Å². The molecule has 0 saturated carbocycles.